The van der Waals surface area contributed by atoms with Crippen LogP contribution in [-0.2, 0) is 13.6 Å². The van der Waals surface area contributed by atoms with E-state index in [4.69, 9.17) is 0 Å². The smallest absolute Gasteiger partial charge is 0.0537 e. The first-order valence-electron chi connectivity index (χ1n) is 6.91. The molecule has 1 aromatic heterocycles. The van der Waals surface area contributed by atoms with Gasteiger partial charge >= 0.3 is 0 Å². The van der Waals surface area contributed by atoms with E-state index in [2.05, 4.69) is 54.6 Å². The van der Waals surface area contributed by atoms with Gasteiger partial charge in [-0.05, 0) is 31.4 Å². The standard InChI is InChI=1S/C16H23N3/c1-13(15-7-5-4-6-8-15)9-10-17-11-16-12-18-19(3)14(16)2/h4-8,12-13,17H,9-11H2,1-3H3. The minimum Gasteiger partial charge on any atom is -0.313 e. The Morgan fingerprint density at radius 1 is 1.26 bits per heavy atom. The van der Waals surface area contributed by atoms with Crippen molar-refractivity contribution in [3.05, 3.63) is 53.3 Å². The molecular weight excluding hydrogens is 234 g/mol. The minimum absolute atomic E-state index is 0.601. The summed E-state index contributed by atoms with van der Waals surface area (Å²) in [4.78, 5) is 0. The molecule has 3 nitrogen and oxygen atoms in total. The number of rotatable bonds is 6. The number of aryl methyl sites for hydroxylation is 1. The minimum atomic E-state index is 0.601. The number of hydrogen-bond donors (Lipinski definition) is 1. The van der Waals surface area contributed by atoms with Crippen LogP contribution in [0, 0.1) is 6.92 Å². The fraction of sp³-hybridized carbons (Fsp3) is 0.438. The molecule has 102 valence electrons. The number of nitrogens with zero attached hydrogens (tertiary/aromatic N) is 2. The van der Waals surface area contributed by atoms with Gasteiger partial charge in [0, 0.05) is 24.8 Å². The van der Waals surface area contributed by atoms with Gasteiger partial charge < -0.3 is 5.32 Å². The summed E-state index contributed by atoms with van der Waals surface area (Å²) in [5.41, 5.74) is 3.94. The molecular formula is C16H23N3. The number of nitrogens with one attached hydrogen (secondary N) is 1. The fourth-order valence-corrected chi connectivity index (χ4v) is 2.21. The first-order valence-corrected chi connectivity index (χ1v) is 6.91. The molecule has 0 spiro atoms. The van der Waals surface area contributed by atoms with E-state index < -0.39 is 0 Å². The van der Waals surface area contributed by atoms with Gasteiger partial charge in [-0.3, -0.25) is 4.68 Å². The van der Waals surface area contributed by atoms with E-state index in [-0.39, 0.29) is 0 Å². The monoisotopic (exact) mass is 257 g/mol. The van der Waals surface area contributed by atoms with Crippen molar-refractivity contribution in [2.24, 2.45) is 7.05 Å². The van der Waals surface area contributed by atoms with E-state index in [1.807, 2.05) is 17.9 Å². The molecule has 0 saturated heterocycles. The zero-order valence-corrected chi connectivity index (χ0v) is 12.1. The third kappa shape index (κ3) is 3.67. The van der Waals surface area contributed by atoms with Crippen LogP contribution in [0.5, 0.6) is 0 Å². The SMILES string of the molecule is Cc1c(CNCCC(C)c2ccccc2)cnn1C. The van der Waals surface area contributed by atoms with Gasteiger partial charge in [0.15, 0.2) is 0 Å². The molecule has 0 aliphatic heterocycles. The van der Waals surface area contributed by atoms with Crippen molar-refractivity contribution >= 4 is 0 Å². The summed E-state index contributed by atoms with van der Waals surface area (Å²) in [5, 5.41) is 7.76. The van der Waals surface area contributed by atoms with Gasteiger partial charge in [0.2, 0.25) is 0 Å². The molecule has 1 aromatic carbocycles. The summed E-state index contributed by atoms with van der Waals surface area (Å²) in [5.74, 6) is 0.601. The zero-order chi connectivity index (χ0) is 13.7. The lowest BCUT2D eigenvalue weighted by Gasteiger charge is -2.12. The maximum atomic E-state index is 4.25. The summed E-state index contributed by atoms with van der Waals surface area (Å²) in [7, 11) is 1.98. The molecule has 0 aliphatic rings. The van der Waals surface area contributed by atoms with Gasteiger partial charge in [0.1, 0.15) is 0 Å². The zero-order valence-electron chi connectivity index (χ0n) is 12.1. The van der Waals surface area contributed by atoms with Gasteiger partial charge in [-0.15, -0.1) is 0 Å². The highest BCUT2D eigenvalue weighted by Crippen LogP contribution is 2.17. The average molecular weight is 257 g/mol. The van der Waals surface area contributed by atoms with Crippen LogP contribution >= 0.6 is 0 Å². The summed E-state index contributed by atoms with van der Waals surface area (Å²) >= 11 is 0. The van der Waals surface area contributed by atoms with E-state index in [0.29, 0.717) is 5.92 Å². The fourth-order valence-electron chi connectivity index (χ4n) is 2.21. The van der Waals surface area contributed by atoms with Crippen molar-refractivity contribution in [1.29, 1.82) is 0 Å². The van der Waals surface area contributed by atoms with Crippen molar-refractivity contribution in [3.63, 3.8) is 0 Å². The Morgan fingerprint density at radius 2 is 2.00 bits per heavy atom. The summed E-state index contributed by atoms with van der Waals surface area (Å²) in [6, 6.07) is 10.7. The van der Waals surface area contributed by atoms with Crippen molar-refractivity contribution in [1.82, 2.24) is 15.1 Å². The number of aromatic nitrogens is 2. The lowest BCUT2D eigenvalue weighted by molar-refractivity contribution is 0.593. The molecule has 3 heteroatoms. The van der Waals surface area contributed by atoms with Crippen LogP contribution in [0.25, 0.3) is 0 Å². The van der Waals surface area contributed by atoms with Crippen LogP contribution in [0.4, 0.5) is 0 Å². The van der Waals surface area contributed by atoms with Crippen LogP contribution in [0.1, 0.15) is 36.1 Å². The molecule has 2 aromatic rings. The Kier molecular flexibility index (Phi) is 4.74. The predicted octanol–water partition coefficient (Wildman–Crippen LogP) is 3.01. The molecule has 0 fully saturated rings. The van der Waals surface area contributed by atoms with E-state index in [1.165, 1.54) is 16.8 Å². The lowest BCUT2D eigenvalue weighted by Crippen LogP contribution is -2.17. The van der Waals surface area contributed by atoms with E-state index in [1.54, 1.807) is 0 Å². The summed E-state index contributed by atoms with van der Waals surface area (Å²) < 4.78 is 1.92. The predicted molar refractivity (Wildman–Crippen MR) is 79.1 cm³/mol. The molecule has 2 rings (SSSR count). The highest BCUT2D eigenvalue weighted by molar-refractivity contribution is 5.18. The Bertz CT molecular complexity index is 502. The van der Waals surface area contributed by atoms with E-state index in [0.717, 1.165) is 19.5 Å². The van der Waals surface area contributed by atoms with Crippen LogP contribution in [0.2, 0.25) is 0 Å². The quantitative estimate of drug-likeness (QED) is 0.806. The highest BCUT2D eigenvalue weighted by atomic mass is 15.3. The largest absolute Gasteiger partial charge is 0.313 e. The molecule has 19 heavy (non-hydrogen) atoms. The molecule has 0 aliphatic carbocycles. The topological polar surface area (TPSA) is 29.9 Å². The maximum absolute atomic E-state index is 4.25. The third-order valence-corrected chi connectivity index (χ3v) is 3.78. The van der Waals surface area contributed by atoms with Crippen LogP contribution < -0.4 is 5.32 Å². The van der Waals surface area contributed by atoms with Crippen molar-refractivity contribution in [2.45, 2.75) is 32.7 Å². The molecule has 1 atom stereocenters. The Labute approximate surface area is 115 Å². The van der Waals surface area contributed by atoms with Crippen LogP contribution in [0.15, 0.2) is 36.5 Å². The Hall–Kier alpha value is -1.61. The summed E-state index contributed by atoms with van der Waals surface area (Å²) in [6.07, 6.45) is 3.10. The van der Waals surface area contributed by atoms with Crippen molar-refractivity contribution in [2.75, 3.05) is 6.54 Å². The van der Waals surface area contributed by atoms with Gasteiger partial charge in [0.25, 0.3) is 0 Å². The number of hydrogen-bond acceptors (Lipinski definition) is 2. The molecule has 0 saturated carbocycles. The first kappa shape index (κ1) is 13.8. The second-order valence-electron chi connectivity index (χ2n) is 5.16. The van der Waals surface area contributed by atoms with Gasteiger partial charge in [-0.25, -0.2) is 0 Å². The second kappa shape index (κ2) is 6.53. The second-order valence-corrected chi connectivity index (χ2v) is 5.16. The molecule has 0 radical (unpaired) electrons. The van der Waals surface area contributed by atoms with Crippen LogP contribution in [0.3, 0.4) is 0 Å². The van der Waals surface area contributed by atoms with Crippen LogP contribution in [-0.4, -0.2) is 16.3 Å². The van der Waals surface area contributed by atoms with Gasteiger partial charge in [0.05, 0.1) is 6.20 Å². The van der Waals surface area contributed by atoms with Gasteiger partial charge in [-0.2, -0.15) is 5.10 Å². The summed E-state index contributed by atoms with van der Waals surface area (Å²) in [6.45, 7) is 6.33. The average Bonchev–Trinajstić information content (AvgIpc) is 2.76. The molecule has 0 amide bonds. The van der Waals surface area contributed by atoms with E-state index in [9.17, 15) is 0 Å². The Morgan fingerprint density at radius 3 is 2.63 bits per heavy atom. The lowest BCUT2D eigenvalue weighted by atomic mass is 9.98. The third-order valence-electron chi connectivity index (χ3n) is 3.78. The number of benzene rings is 1. The maximum Gasteiger partial charge on any atom is 0.0537 e. The molecule has 1 heterocycles. The van der Waals surface area contributed by atoms with Gasteiger partial charge in [-0.1, -0.05) is 37.3 Å². The highest BCUT2D eigenvalue weighted by Gasteiger charge is 2.05. The molecule has 0 bridgehead atoms. The van der Waals surface area contributed by atoms with Crippen molar-refractivity contribution in [3.8, 4) is 0 Å². The Balaban J connectivity index is 1.74. The first-order chi connectivity index (χ1) is 9.18. The van der Waals surface area contributed by atoms with Crippen molar-refractivity contribution < 1.29 is 0 Å². The molecule has 1 unspecified atom stereocenters. The normalized spacial score (nSPS) is 12.6. The molecule has 1 N–H and O–H groups in total. The van der Waals surface area contributed by atoms with E-state index >= 15 is 0 Å².